The molecule has 0 aliphatic carbocycles. The van der Waals surface area contributed by atoms with E-state index in [4.69, 9.17) is 0 Å². The molecule has 0 radical (unpaired) electrons. The number of piperazine rings is 1. The molecule has 12 heteroatoms. The quantitative estimate of drug-likeness (QED) is 0.290. The Bertz CT molecular complexity index is 1590. The molecular weight excluding hydrogens is 477 g/mol. The molecule has 11 nitrogen and oxygen atoms in total. The SMILES string of the molecule is O=C(C(=O)N1CCN(c2cncnc2-c2ccccc2)CC1)c1c[nH]c2c(-n3ccnn3)ncc(F)c12. The van der Waals surface area contributed by atoms with Crippen LogP contribution >= 0.6 is 0 Å². The number of nitrogens with one attached hydrogen (secondary N) is 1. The van der Waals surface area contributed by atoms with E-state index in [0.717, 1.165) is 23.1 Å². The second-order valence-electron chi connectivity index (χ2n) is 8.46. The number of pyridine rings is 1. The third kappa shape index (κ3) is 3.97. The average molecular weight is 497 g/mol. The Morgan fingerprint density at radius 3 is 2.57 bits per heavy atom. The first kappa shape index (κ1) is 22.5. The number of Topliss-reactive ketones (excluding diaryl/α,β-unsaturated/α-hetero) is 1. The van der Waals surface area contributed by atoms with Crippen LogP contribution in [0.5, 0.6) is 0 Å². The number of aromatic nitrogens is 7. The smallest absolute Gasteiger partial charge is 0.295 e. The number of hydrogen-bond donors (Lipinski definition) is 1. The third-order valence-electron chi connectivity index (χ3n) is 6.37. The largest absolute Gasteiger partial charge is 0.365 e. The Hall–Kier alpha value is -5.00. The first-order chi connectivity index (χ1) is 18.1. The van der Waals surface area contributed by atoms with Crippen LogP contribution in [0.4, 0.5) is 10.1 Å². The highest BCUT2D eigenvalue weighted by atomic mass is 19.1. The van der Waals surface area contributed by atoms with Crippen molar-refractivity contribution < 1.29 is 14.0 Å². The normalized spacial score (nSPS) is 13.8. The first-order valence-corrected chi connectivity index (χ1v) is 11.6. The second-order valence-corrected chi connectivity index (χ2v) is 8.46. The zero-order valence-electron chi connectivity index (χ0n) is 19.5. The molecule has 1 saturated heterocycles. The summed E-state index contributed by atoms with van der Waals surface area (Å²) in [6.45, 7) is 1.64. The van der Waals surface area contributed by atoms with Gasteiger partial charge in [0, 0.05) is 37.9 Å². The van der Waals surface area contributed by atoms with Crippen molar-refractivity contribution >= 4 is 28.3 Å². The van der Waals surface area contributed by atoms with Crippen LogP contribution in [0.1, 0.15) is 10.4 Å². The topological polar surface area (TPSA) is 126 Å². The van der Waals surface area contributed by atoms with Crippen molar-refractivity contribution in [3.05, 3.63) is 79.0 Å². The highest BCUT2D eigenvalue weighted by molar-refractivity contribution is 6.45. The van der Waals surface area contributed by atoms with Gasteiger partial charge in [-0.3, -0.25) is 9.59 Å². The van der Waals surface area contributed by atoms with E-state index in [1.165, 1.54) is 28.3 Å². The minimum Gasteiger partial charge on any atom is -0.365 e. The summed E-state index contributed by atoms with van der Waals surface area (Å²) in [4.78, 5) is 45.5. The van der Waals surface area contributed by atoms with Crippen LogP contribution in [0.2, 0.25) is 0 Å². The standard InChI is InChI=1S/C25H20FN9O2/c26-18-13-29-24(35-7-6-31-32-35)22-20(18)17(12-28-22)23(36)25(37)34-10-8-33(9-11-34)19-14-27-15-30-21(19)16-4-2-1-3-5-16/h1-7,12-15,28H,8-11H2. The molecule has 37 heavy (non-hydrogen) atoms. The molecule has 1 fully saturated rings. The van der Waals surface area contributed by atoms with Gasteiger partial charge >= 0.3 is 0 Å². The van der Waals surface area contributed by atoms with Crippen LogP contribution < -0.4 is 4.90 Å². The number of nitrogens with zero attached hydrogens (tertiary/aromatic N) is 8. The van der Waals surface area contributed by atoms with E-state index in [2.05, 4.69) is 35.1 Å². The lowest BCUT2D eigenvalue weighted by Gasteiger charge is -2.36. The van der Waals surface area contributed by atoms with Gasteiger partial charge in [-0.15, -0.1) is 5.10 Å². The molecule has 1 amide bonds. The number of rotatable bonds is 5. The average Bonchev–Trinajstić information content (AvgIpc) is 3.65. The number of anilines is 1. The predicted octanol–water partition coefficient (Wildman–Crippen LogP) is 2.27. The van der Waals surface area contributed by atoms with Crippen LogP contribution in [0.15, 0.2) is 67.6 Å². The number of halogens is 1. The fraction of sp³-hybridized carbons (Fsp3) is 0.160. The molecule has 0 saturated carbocycles. The van der Waals surface area contributed by atoms with Gasteiger partial charge in [-0.05, 0) is 0 Å². The van der Waals surface area contributed by atoms with E-state index in [0.29, 0.717) is 26.2 Å². The highest BCUT2D eigenvalue weighted by Crippen LogP contribution is 2.29. The Morgan fingerprint density at radius 1 is 1.00 bits per heavy atom. The van der Waals surface area contributed by atoms with Gasteiger partial charge in [-0.25, -0.2) is 24.0 Å². The van der Waals surface area contributed by atoms with E-state index in [9.17, 15) is 14.0 Å². The first-order valence-electron chi connectivity index (χ1n) is 11.6. The summed E-state index contributed by atoms with van der Waals surface area (Å²) in [5.74, 6) is -1.92. The molecule has 0 unspecified atom stereocenters. The molecule has 6 rings (SSSR count). The predicted molar refractivity (Wildman–Crippen MR) is 132 cm³/mol. The van der Waals surface area contributed by atoms with Gasteiger partial charge in [-0.1, -0.05) is 35.5 Å². The number of amides is 1. The highest BCUT2D eigenvalue weighted by Gasteiger charge is 2.30. The van der Waals surface area contributed by atoms with Crippen molar-refractivity contribution in [1.29, 1.82) is 0 Å². The lowest BCUT2D eigenvalue weighted by Crippen LogP contribution is -2.50. The number of H-pyrrole nitrogens is 1. The molecule has 184 valence electrons. The molecule has 1 aliphatic heterocycles. The molecular formula is C25H20FN9O2. The fourth-order valence-electron chi connectivity index (χ4n) is 4.55. The maximum atomic E-state index is 14.8. The maximum absolute atomic E-state index is 14.8. The zero-order chi connectivity index (χ0) is 25.4. The van der Waals surface area contributed by atoms with Gasteiger partial charge in [0.2, 0.25) is 0 Å². The Balaban J connectivity index is 1.21. The van der Waals surface area contributed by atoms with Gasteiger partial charge in [0.15, 0.2) is 11.6 Å². The number of carbonyl (C=O) groups excluding carboxylic acids is 2. The number of hydrogen-bond acceptors (Lipinski definition) is 8. The van der Waals surface area contributed by atoms with Crippen LogP contribution in [-0.2, 0) is 4.79 Å². The number of fused-ring (bicyclic) bond motifs is 1. The molecule has 1 aromatic carbocycles. The van der Waals surface area contributed by atoms with E-state index in [-0.39, 0.29) is 22.3 Å². The number of aromatic amines is 1. The summed E-state index contributed by atoms with van der Waals surface area (Å²) >= 11 is 0. The minimum atomic E-state index is -0.789. The lowest BCUT2D eigenvalue weighted by molar-refractivity contribution is -0.126. The lowest BCUT2D eigenvalue weighted by atomic mass is 10.1. The number of ketones is 1. The van der Waals surface area contributed by atoms with Crippen LogP contribution in [0, 0.1) is 5.82 Å². The molecule has 0 atom stereocenters. The summed E-state index contributed by atoms with van der Waals surface area (Å²) < 4.78 is 16.1. The maximum Gasteiger partial charge on any atom is 0.295 e. The van der Waals surface area contributed by atoms with Gasteiger partial charge in [0.1, 0.15) is 6.33 Å². The molecule has 0 bridgehead atoms. The van der Waals surface area contributed by atoms with Crippen LogP contribution in [-0.4, -0.2) is 77.7 Å². The summed E-state index contributed by atoms with van der Waals surface area (Å²) in [6.07, 6.45) is 8.61. The van der Waals surface area contributed by atoms with Gasteiger partial charge < -0.3 is 14.8 Å². The van der Waals surface area contributed by atoms with Crippen molar-refractivity contribution in [2.45, 2.75) is 0 Å². The van der Waals surface area contributed by atoms with Crippen molar-refractivity contribution in [1.82, 2.24) is 39.8 Å². The Labute approximate surface area is 209 Å². The Morgan fingerprint density at radius 2 is 1.81 bits per heavy atom. The minimum absolute atomic E-state index is 0.00794. The molecule has 4 aromatic heterocycles. The number of benzene rings is 1. The van der Waals surface area contributed by atoms with E-state index in [1.807, 2.05) is 30.3 Å². The summed E-state index contributed by atoms with van der Waals surface area (Å²) in [6, 6.07) is 9.80. The molecule has 1 N–H and O–H groups in total. The monoisotopic (exact) mass is 497 g/mol. The van der Waals surface area contributed by atoms with Crippen molar-refractivity contribution in [3.63, 3.8) is 0 Å². The van der Waals surface area contributed by atoms with Gasteiger partial charge in [0.25, 0.3) is 11.7 Å². The summed E-state index contributed by atoms with van der Waals surface area (Å²) in [5, 5.41) is 7.60. The second kappa shape index (κ2) is 9.22. The van der Waals surface area contributed by atoms with Crippen molar-refractivity contribution in [2.24, 2.45) is 0 Å². The molecule has 1 aliphatic rings. The van der Waals surface area contributed by atoms with E-state index >= 15 is 0 Å². The zero-order valence-corrected chi connectivity index (χ0v) is 19.5. The van der Waals surface area contributed by atoms with E-state index in [1.54, 1.807) is 12.4 Å². The van der Waals surface area contributed by atoms with Gasteiger partial charge in [0.05, 0.1) is 52.6 Å². The number of carbonyl (C=O) groups is 2. The van der Waals surface area contributed by atoms with Gasteiger partial charge in [-0.2, -0.15) is 0 Å². The Kier molecular flexibility index (Phi) is 5.60. The fourth-order valence-corrected chi connectivity index (χ4v) is 4.55. The summed E-state index contributed by atoms with van der Waals surface area (Å²) in [7, 11) is 0. The van der Waals surface area contributed by atoms with Crippen LogP contribution in [0.3, 0.4) is 0 Å². The third-order valence-corrected chi connectivity index (χ3v) is 6.37. The van der Waals surface area contributed by atoms with E-state index < -0.39 is 17.5 Å². The van der Waals surface area contributed by atoms with Crippen molar-refractivity contribution in [2.75, 3.05) is 31.1 Å². The molecule has 5 heterocycles. The molecule has 0 spiro atoms. The molecule has 5 aromatic rings. The van der Waals surface area contributed by atoms with Crippen LogP contribution in [0.25, 0.3) is 28.0 Å². The van der Waals surface area contributed by atoms with Crippen molar-refractivity contribution in [3.8, 4) is 17.1 Å². The summed E-state index contributed by atoms with van der Waals surface area (Å²) in [5.41, 5.74) is 2.83.